The molecule has 1 saturated carbocycles. The SMILES string of the molecule is Oc1ccccc1N1CCN(C[C@@H]2CCCC[C@H]2O)CC1. The summed E-state index contributed by atoms with van der Waals surface area (Å²) in [7, 11) is 0. The third kappa shape index (κ3) is 3.50. The number of benzene rings is 1. The van der Waals surface area contributed by atoms with Crippen LogP contribution in [-0.4, -0.2) is 53.9 Å². The Bertz CT molecular complexity index is 458. The number of aliphatic hydroxyl groups is 1. The molecule has 0 aromatic heterocycles. The maximum Gasteiger partial charge on any atom is 0.138 e. The zero-order chi connectivity index (χ0) is 14.7. The molecule has 1 heterocycles. The van der Waals surface area contributed by atoms with Gasteiger partial charge in [-0.3, -0.25) is 4.90 Å². The molecule has 1 aliphatic carbocycles. The number of aliphatic hydroxyl groups excluding tert-OH is 1. The van der Waals surface area contributed by atoms with Crippen LogP contribution in [-0.2, 0) is 0 Å². The van der Waals surface area contributed by atoms with Crippen LogP contribution in [0.5, 0.6) is 5.75 Å². The number of para-hydroxylation sites is 2. The molecule has 4 nitrogen and oxygen atoms in total. The summed E-state index contributed by atoms with van der Waals surface area (Å²) in [5, 5.41) is 20.0. The van der Waals surface area contributed by atoms with Gasteiger partial charge >= 0.3 is 0 Å². The van der Waals surface area contributed by atoms with E-state index < -0.39 is 0 Å². The van der Waals surface area contributed by atoms with Crippen molar-refractivity contribution in [2.45, 2.75) is 31.8 Å². The lowest BCUT2D eigenvalue weighted by Gasteiger charge is -2.39. The Morgan fingerprint density at radius 3 is 2.43 bits per heavy atom. The van der Waals surface area contributed by atoms with Gasteiger partial charge < -0.3 is 15.1 Å². The number of anilines is 1. The molecule has 4 heteroatoms. The van der Waals surface area contributed by atoms with Crippen molar-refractivity contribution in [2.24, 2.45) is 5.92 Å². The van der Waals surface area contributed by atoms with E-state index in [4.69, 9.17) is 0 Å². The number of nitrogens with zero attached hydrogens (tertiary/aromatic N) is 2. The average Bonchev–Trinajstić information content (AvgIpc) is 2.51. The van der Waals surface area contributed by atoms with Crippen LogP contribution in [0, 0.1) is 5.92 Å². The summed E-state index contributed by atoms with van der Waals surface area (Å²) >= 11 is 0. The number of piperazine rings is 1. The number of phenolic OH excluding ortho intramolecular Hbond substituents is 1. The van der Waals surface area contributed by atoms with Crippen molar-refractivity contribution in [1.82, 2.24) is 4.90 Å². The topological polar surface area (TPSA) is 46.9 Å². The highest BCUT2D eigenvalue weighted by Gasteiger charge is 2.27. The van der Waals surface area contributed by atoms with Crippen molar-refractivity contribution in [3.63, 3.8) is 0 Å². The van der Waals surface area contributed by atoms with Crippen molar-refractivity contribution in [1.29, 1.82) is 0 Å². The third-order valence-corrected chi connectivity index (χ3v) is 4.96. The Labute approximate surface area is 127 Å². The molecule has 116 valence electrons. The van der Waals surface area contributed by atoms with E-state index in [9.17, 15) is 10.2 Å². The summed E-state index contributed by atoms with van der Waals surface area (Å²) in [5.41, 5.74) is 0.940. The summed E-state index contributed by atoms with van der Waals surface area (Å²) < 4.78 is 0. The summed E-state index contributed by atoms with van der Waals surface area (Å²) in [6.45, 7) is 4.94. The van der Waals surface area contributed by atoms with Gasteiger partial charge in [-0.05, 0) is 30.9 Å². The molecule has 2 aliphatic rings. The van der Waals surface area contributed by atoms with Crippen molar-refractivity contribution in [3.8, 4) is 5.75 Å². The van der Waals surface area contributed by atoms with Crippen LogP contribution in [0.2, 0.25) is 0 Å². The molecule has 0 spiro atoms. The fourth-order valence-electron chi connectivity index (χ4n) is 3.64. The molecule has 0 bridgehead atoms. The Morgan fingerprint density at radius 2 is 1.71 bits per heavy atom. The lowest BCUT2D eigenvalue weighted by molar-refractivity contribution is 0.0453. The van der Waals surface area contributed by atoms with E-state index in [0.717, 1.165) is 44.8 Å². The monoisotopic (exact) mass is 290 g/mol. The minimum atomic E-state index is -0.102. The molecule has 1 aromatic carbocycles. The zero-order valence-electron chi connectivity index (χ0n) is 12.6. The number of aromatic hydroxyl groups is 1. The van der Waals surface area contributed by atoms with E-state index in [2.05, 4.69) is 9.80 Å². The number of hydrogen-bond donors (Lipinski definition) is 2. The van der Waals surface area contributed by atoms with Crippen LogP contribution >= 0.6 is 0 Å². The molecule has 1 saturated heterocycles. The number of phenols is 1. The minimum absolute atomic E-state index is 0.102. The second-order valence-electron chi connectivity index (χ2n) is 6.39. The Morgan fingerprint density at radius 1 is 1.00 bits per heavy atom. The standard InChI is InChI=1S/C17H26N2O2/c20-16-7-3-1-5-14(16)13-18-9-11-19(12-10-18)15-6-2-4-8-17(15)21/h2,4,6,8,14,16,20-21H,1,3,5,7,9-13H2/t14-,16+/m0/s1. The summed E-state index contributed by atoms with van der Waals surface area (Å²) in [4.78, 5) is 4.72. The van der Waals surface area contributed by atoms with E-state index in [1.54, 1.807) is 6.07 Å². The summed E-state index contributed by atoms with van der Waals surface area (Å²) in [6, 6.07) is 7.56. The molecule has 2 atom stereocenters. The van der Waals surface area contributed by atoms with Gasteiger partial charge in [-0.15, -0.1) is 0 Å². The fraction of sp³-hybridized carbons (Fsp3) is 0.647. The highest BCUT2D eigenvalue weighted by atomic mass is 16.3. The van der Waals surface area contributed by atoms with Crippen LogP contribution in [0.25, 0.3) is 0 Å². The van der Waals surface area contributed by atoms with Crippen LogP contribution in [0.3, 0.4) is 0 Å². The van der Waals surface area contributed by atoms with Gasteiger partial charge in [0.25, 0.3) is 0 Å². The first-order valence-corrected chi connectivity index (χ1v) is 8.17. The van der Waals surface area contributed by atoms with Gasteiger partial charge in [-0.1, -0.05) is 25.0 Å². The van der Waals surface area contributed by atoms with Gasteiger partial charge in [0.15, 0.2) is 0 Å². The molecular formula is C17H26N2O2. The Hall–Kier alpha value is -1.26. The molecule has 0 unspecified atom stereocenters. The van der Waals surface area contributed by atoms with Crippen LogP contribution in [0.1, 0.15) is 25.7 Å². The predicted octanol–water partition coefficient (Wildman–Crippen LogP) is 2.07. The smallest absolute Gasteiger partial charge is 0.138 e. The highest BCUT2D eigenvalue weighted by Crippen LogP contribution is 2.28. The maximum absolute atomic E-state index is 10.1. The van der Waals surface area contributed by atoms with Gasteiger partial charge in [0.2, 0.25) is 0 Å². The summed E-state index contributed by atoms with van der Waals surface area (Å²) in [6.07, 6.45) is 4.48. The molecule has 1 aliphatic heterocycles. The average molecular weight is 290 g/mol. The van der Waals surface area contributed by atoms with Crippen LogP contribution < -0.4 is 4.90 Å². The van der Waals surface area contributed by atoms with E-state index in [0.29, 0.717) is 11.7 Å². The van der Waals surface area contributed by atoms with Crippen molar-refractivity contribution < 1.29 is 10.2 Å². The second kappa shape index (κ2) is 6.67. The van der Waals surface area contributed by atoms with E-state index in [-0.39, 0.29) is 6.10 Å². The van der Waals surface area contributed by atoms with Crippen molar-refractivity contribution >= 4 is 5.69 Å². The molecule has 3 rings (SSSR count). The number of rotatable bonds is 3. The number of hydrogen-bond acceptors (Lipinski definition) is 4. The molecule has 21 heavy (non-hydrogen) atoms. The Kier molecular flexibility index (Phi) is 4.66. The van der Waals surface area contributed by atoms with E-state index in [1.807, 2.05) is 18.2 Å². The van der Waals surface area contributed by atoms with Gasteiger partial charge in [0.1, 0.15) is 5.75 Å². The largest absolute Gasteiger partial charge is 0.506 e. The first kappa shape index (κ1) is 14.7. The first-order chi connectivity index (χ1) is 10.2. The maximum atomic E-state index is 10.1. The lowest BCUT2D eigenvalue weighted by Crippen LogP contribution is -2.49. The zero-order valence-corrected chi connectivity index (χ0v) is 12.6. The van der Waals surface area contributed by atoms with Crippen molar-refractivity contribution in [2.75, 3.05) is 37.6 Å². The third-order valence-electron chi connectivity index (χ3n) is 4.96. The molecule has 0 radical (unpaired) electrons. The van der Waals surface area contributed by atoms with Crippen LogP contribution in [0.15, 0.2) is 24.3 Å². The second-order valence-corrected chi connectivity index (χ2v) is 6.39. The molecular weight excluding hydrogens is 264 g/mol. The predicted molar refractivity (Wildman–Crippen MR) is 84.7 cm³/mol. The minimum Gasteiger partial charge on any atom is -0.506 e. The fourth-order valence-corrected chi connectivity index (χ4v) is 3.64. The summed E-state index contributed by atoms with van der Waals surface area (Å²) in [5.74, 6) is 0.823. The molecule has 2 fully saturated rings. The van der Waals surface area contributed by atoms with Gasteiger partial charge in [0.05, 0.1) is 11.8 Å². The molecule has 1 aromatic rings. The van der Waals surface area contributed by atoms with Crippen LogP contribution in [0.4, 0.5) is 5.69 Å². The van der Waals surface area contributed by atoms with Gasteiger partial charge in [-0.2, -0.15) is 0 Å². The van der Waals surface area contributed by atoms with E-state index >= 15 is 0 Å². The first-order valence-electron chi connectivity index (χ1n) is 8.17. The quantitative estimate of drug-likeness (QED) is 0.894. The normalized spacial score (nSPS) is 27.8. The van der Waals surface area contributed by atoms with Gasteiger partial charge in [-0.25, -0.2) is 0 Å². The van der Waals surface area contributed by atoms with E-state index in [1.165, 1.54) is 19.3 Å². The molecule has 0 amide bonds. The molecule has 2 N–H and O–H groups in total. The highest BCUT2D eigenvalue weighted by molar-refractivity contribution is 5.57. The van der Waals surface area contributed by atoms with Crippen molar-refractivity contribution in [3.05, 3.63) is 24.3 Å². The van der Waals surface area contributed by atoms with Gasteiger partial charge in [0, 0.05) is 32.7 Å². The Balaban J connectivity index is 1.52. The lowest BCUT2D eigenvalue weighted by atomic mass is 9.86.